The predicted molar refractivity (Wildman–Crippen MR) is 264 cm³/mol. The zero-order chi connectivity index (χ0) is 41.2. The third-order valence-corrected chi connectivity index (χ3v) is 14.2. The van der Waals surface area contributed by atoms with Gasteiger partial charge in [0.25, 0.3) is 0 Å². The van der Waals surface area contributed by atoms with Crippen LogP contribution in [-0.2, 0) is 5.41 Å². The van der Waals surface area contributed by atoms with Crippen LogP contribution in [0.5, 0.6) is 0 Å². The quantitative estimate of drug-likeness (QED) is 0.161. The summed E-state index contributed by atoms with van der Waals surface area (Å²) in [6.07, 6.45) is 0. The van der Waals surface area contributed by atoms with Crippen molar-refractivity contribution in [2.24, 2.45) is 0 Å². The summed E-state index contributed by atoms with van der Waals surface area (Å²) in [5.74, 6) is 0. The summed E-state index contributed by atoms with van der Waals surface area (Å²) in [5.41, 5.74) is 17.0. The van der Waals surface area contributed by atoms with Crippen molar-refractivity contribution in [1.29, 1.82) is 0 Å². The first kappa shape index (κ1) is 34.5. The largest absolute Gasteiger partial charge is 0.310 e. The lowest BCUT2D eigenvalue weighted by Crippen LogP contribution is -2.26. The van der Waals surface area contributed by atoms with E-state index in [1.165, 1.54) is 98.6 Å². The lowest BCUT2D eigenvalue weighted by molar-refractivity contribution is 0.793. The Morgan fingerprint density at radius 2 is 0.714 bits per heavy atom. The molecule has 0 saturated heterocycles. The molecule has 63 heavy (non-hydrogen) atoms. The van der Waals surface area contributed by atoms with Crippen LogP contribution in [0.3, 0.4) is 0 Å². The Hall–Kier alpha value is -8.20. The zero-order valence-electron chi connectivity index (χ0n) is 34.3. The van der Waals surface area contributed by atoms with E-state index < -0.39 is 5.41 Å². The highest BCUT2D eigenvalue weighted by atomic mass is 15.1. The molecule has 0 atom stereocenters. The minimum absolute atomic E-state index is 0.456. The number of nitrogens with zero attached hydrogens (tertiary/aromatic N) is 2. The van der Waals surface area contributed by atoms with E-state index in [0.29, 0.717) is 0 Å². The molecule has 2 nitrogen and oxygen atoms in total. The van der Waals surface area contributed by atoms with Gasteiger partial charge in [0.05, 0.1) is 22.1 Å². The molecule has 0 unspecified atom stereocenters. The fourth-order valence-corrected chi connectivity index (χ4v) is 11.7. The highest BCUT2D eigenvalue weighted by molar-refractivity contribution is 6.28. The van der Waals surface area contributed by atoms with Gasteiger partial charge in [0.1, 0.15) is 0 Å². The third kappa shape index (κ3) is 4.57. The Bertz CT molecular complexity index is 3710. The van der Waals surface area contributed by atoms with Crippen LogP contribution in [0.4, 0.5) is 17.1 Å². The molecule has 11 aromatic carbocycles. The van der Waals surface area contributed by atoms with Crippen LogP contribution in [0, 0.1) is 0 Å². The monoisotopic (exact) mass is 798 g/mol. The summed E-state index contributed by atoms with van der Waals surface area (Å²) in [6.45, 7) is 0. The molecule has 1 heterocycles. The van der Waals surface area contributed by atoms with Crippen LogP contribution in [0.1, 0.15) is 22.3 Å². The van der Waals surface area contributed by atoms with Crippen molar-refractivity contribution in [3.8, 4) is 27.9 Å². The molecule has 0 N–H and O–H groups in total. The molecule has 1 spiro atoms. The Balaban J connectivity index is 1.06. The Kier molecular flexibility index (Phi) is 7.07. The first-order valence-corrected chi connectivity index (χ1v) is 21.9. The molecule has 0 radical (unpaired) electrons. The van der Waals surface area contributed by atoms with Gasteiger partial charge < -0.3 is 9.47 Å². The molecule has 12 aromatic rings. The van der Waals surface area contributed by atoms with Gasteiger partial charge in [-0.2, -0.15) is 0 Å². The minimum atomic E-state index is -0.456. The van der Waals surface area contributed by atoms with Gasteiger partial charge in [-0.05, 0) is 126 Å². The number of rotatable bonds is 4. The van der Waals surface area contributed by atoms with Crippen molar-refractivity contribution in [3.63, 3.8) is 0 Å². The van der Waals surface area contributed by atoms with Gasteiger partial charge in [0, 0.05) is 33.2 Å². The highest BCUT2D eigenvalue weighted by Crippen LogP contribution is 2.63. The summed E-state index contributed by atoms with van der Waals surface area (Å²) in [7, 11) is 0. The average molecular weight is 799 g/mol. The smallest absolute Gasteiger partial charge is 0.0726 e. The second-order valence-electron chi connectivity index (χ2n) is 17.1. The lowest BCUT2D eigenvalue weighted by atomic mass is 9.70. The van der Waals surface area contributed by atoms with E-state index in [2.05, 4.69) is 240 Å². The maximum absolute atomic E-state index is 2.52. The van der Waals surface area contributed by atoms with E-state index in [9.17, 15) is 0 Å². The lowest BCUT2D eigenvalue weighted by Gasteiger charge is -2.32. The summed E-state index contributed by atoms with van der Waals surface area (Å²) in [6, 6.07) is 85.9. The first-order chi connectivity index (χ1) is 31.3. The highest BCUT2D eigenvalue weighted by Gasteiger charge is 2.51. The van der Waals surface area contributed by atoms with Gasteiger partial charge in [0.15, 0.2) is 0 Å². The van der Waals surface area contributed by atoms with Crippen LogP contribution in [0.25, 0.3) is 82.1 Å². The fourth-order valence-electron chi connectivity index (χ4n) is 11.7. The molecule has 292 valence electrons. The molecule has 2 aliphatic carbocycles. The Labute approximate surface area is 365 Å². The minimum Gasteiger partial charge on any atom is -0.310 e. The van der Waals surface area contributed by atoms with Gasteiger partial charge >= 0.3 is 0 Å². The van der Waals surface area contributed by atoms with Crippen LogP contribution in [-0.4, -0.2) is 4.57 Å². The number of anilines is 3. The second kappa shape index (κ2) is 12.9. The summed E-state index contributed by atoms with van der Waals surface area (Å²) >= 11 is 0. The first-order valence-electron chi connectivity index (χ1n) is 21.9. The Morgan fingerprint density at radius 3 is 1.27 bits per heavy atom. The number of hydrogen-bond donors (Lipinski definition) is 0. The standard InChI is InChI=1S/C61H38N2/c1-2-17-44-42(16-1)43-18-3-4-24-51(43)60-52(44)25-15-31-59(60)62(39-32-34-40(35-33-39)63-57-29-13-8-22-49(57)50-23-9-14-30-58(50)63)41-36-37-48-47-21-7-12-28-55(47)61(56(48)38-41)53-26-10-5-19-45(53)46-20-6-11-27-54(46)61/h1-38H. The Morgan fingerprint density at radius 1 is 0.302 bits per heavy atom. The van der Waals surface area contributed by atoms with Crippen molar-refractivity contribution in [2.75, 3.05) is 4.90 Å². The topological polar surface area (TPSA) is 8.17 Å². The SMILES string of the molecule is c1ccc2c(c1)-c1ccccc1C21c2ccccc2-c2ccc(N(c3ccc(-n4c5ccccc5c5ccccc54)cc3)c3cccc4c5ccccc5c5ccccc5c34)cc21. The van der Waals surface area contributed by atoms with Gasteiger partial charge in [-0.1, -0.05) is 176 Å². The number of benzene rings is 11. The molecular weight excluding hydrogens is 761 g/mol. The molecular formula is C61H38N2. The van der Waals surface area contributed by atoms with Crippen LogP contribution in [0.2, 0.25) is 0 Å². The van der Waals surface area contributed by atoms with E-state index >= 15 is 0 Å². The fraction of sp³-hybridized carbons (Fsp3) is 0.0164. The van der Waals surface area contributed by atoms with Gasteiger partial charge in [0.2, 0.25) is 0 Å². The van der Waals surface area contributed by atoms with E-state index in [1.807, 2.05) is 0 Å². The zero-order valence-corrected chi connectivity index (χ0v) is 34.3. The molecule has 2 aliphatic rings. The molecule has 0 bridgehead atoms. The number of aromatic nitrogens is 1. The molecule has 0 amide bonds. The summed E-state index contributed by atoms with van der Waals surface area (Å²) in [4.78, 5) is 2.52. The average Bonchev–Trinajstić information content (AvgIpc) is 3.96. The normalized spacial score (nSPS) is 13.2. The number of para-hydroxylation sites is 2. The maximum Gasteiger partial charge on any atom is 0.0726 e. The van der Waals surface area contributed by atoms with Crippen molar-refractivity contribution in [3.05, 3.63) is 253 Å². The molecule has 14 rings (SSSR count). The van der Waals surface area contributed by atoms with E-state index in [1.54, 1.807) is 0 Å². The van der Waals surface area contributed by atoms with E-state index in [4.69, 9.17) is 0 Å². The number of fused-ring (bicyclic) bond motifs is 19. The molecule has 2 heteroatoms. The van der Waals surface area contributed by atoms with Crippen LogP contribution in [0.15, 0.2) is 231 Å². The van der Waals surface area contributed by atoms with Crippen LogP contribution >= 0.6 is 0 Å². The van der Waals surface area contributed by atoms with E-state index in [0.717, 1.165) is 22.7 Å². The van der Waals surface area contributed by atoms with Gasteiger partial charge in [-0.25, -0.2) is 0 Å². The molecule has 1 aromatic heterocycles. The summed E-state index contributed by atoms with van der Waals surface area (Å²) < 4.78 is 2.40. The third-order valence-electron chi connectivity index (χ3n) is 14.2. The maximum atomic E-state index is 2.52. The van der Waals surface area contributed by atoms with Crippen molar-refractivity contribution < 1.29 is 0 Å². The summed E-state index contributed by atoms with van der Waals surface area (Å²) in [5, 5.41) is 10.1. The van der Waals surface area contributed by atoms with E-state index in [-0.39, 0.29) is 0 Å². The van der Waals surface area contributed by atoms with Gasteiger partial charge in [-0.3, -0.25) is 0 Å². The van der Waals surface area contributed by atoms with Gasteiger partial charge in [-0.15, -0.1) is 0 Å². The van der Waals surface area contributed by atoms with Crippen LogP contribution < -0.4 is 4.90 Å². The molecule has 0 fully saturated rings. The second-order valence-corrected chi connectivity index (χ2v) is 17.1. The molecule has 0 saturated carbocycles. The molecule has 0 aliphatic heterocycles. The number of hydrogen-bond acceptors (Lipinski definition) is 1. The van der Waals surface area contributed by atoms with Crippen molar-refractivity contribution in [2.45, 2.75) is 5.41 Å². The predicted octanol–water partition coefficient (Wildman–Crippen LogP) is 16.1. The van der Waals surface area contributed by atoms with Crippen molar-refractivity contribution in [1.82, 2.24) is 4.57 Å². The van der Waals surface area contributed by atoms with Crippen molar-refractivity contribution >= 4 is 71.2 Å².